The molecular weight excluding hydrogens is 244 g/mol. The van der Waals surface area contributed by atoms with Gasteiger partial charge in [-0.05, 0) is 18.2 Å². The molecule has 6 heteroatoms. The number of aromatic nitrogens is 2. The first-order valence-corrected chi connectivity index (χ1v) is 5.65. The summed E-state index contributed by atoms with van der Waals surface area (Å²) in [5.41, 5.74) is 6.53. The van der Waals surface area contributed by atoms with Crippen molar-refractivity contribution in [3.63, 3.8) is 0 Å². The summed E-state index contributed by atoms with van der Waals surface area (Å²) in [5.74, 6) is 0.579. The molecule has 0 saturated heterocycles. The summed E-state index contributed by atoms with van der Waals surface area (Å²) in [4.78, 5) is 13.1. The molecule has 1 aromatic carbocycles. The minimum absolute atomic E-state index is 0.210. The van der Waals surface area contributed by atoms with E-state index in [9.17, 15) is 4.79 Å². The zero-order valence-electron chi connectivity index (χ0n) is 10.7. The van der Waals surface area contributed by atoms with E-state index in [2.05, 4.69) is 10.2 Å². The van der Waals surface area contributed by atoms with E-state index in [1.54, 1.807) is 38.4 Å². The zero-order valence-corrected chi connectivity index (χ0v) is 10.7. The molecule has 2 rings (SSSR count). The van der Waals surface area contributed by atoms with Crippen LogP contribution < -0.4 is 10.5 Å². The number of anilines is 1. The highest BCUT2D eigenvalue weighted by Gasteiger charge is 2.11. The summed E-state index contributed by atoms with van der Waals surface area (Å²) in [6.07, 6.45) is 0. The Morgan fingerprint density at radius 2 is 1.89 bits per heavy atom. The molecule has 1 amide bonds. The molecule has 0 saturated carbocycles. The highest BCUT2D eigenvalue weighted by molar-refractivity contribution is 5.91. The van der Waals surface area contributed by atoms with Crippen LogP contribution in [-0.4, -0.2) is 35.1 Å². The normalized spacial score (nSPS) is 10.0. The second-order valence-corrected chi connectivity index (χ2v) is 4.10. The average Bonchev–Trinajstić information content (AvgIpc) is 2.41. The van der Waals surface area contributed by atoms with Crippen molar-refractivity contribution >= 4 is 11.6 Å². The topological polar surface area (TPSA) is 81.3 Å². The molecular formula is C13H14N4O2. The van der Waals surface area contributed by atoms with Gasteiger partial charge in [-0.2, -0.15) is 0 Å². The molecule has 0 fully saturated rings. The minimum Gasteiger partial charge on any atom is -0.435 e. The Morgan fingerprint density at radius 1 is 1.16 bits per heavy atom. The zero-order chi connectivity index (χ0) is 13.8. The molecule has 1 heterocycles. The molecule has 2 aromatic rings. The van der Waals surface area contributed by atoms with Crippen molar-refractivity contribution in [2.75, 3.05) is 19.8 Å². The van der Waals surface area contributed by atoms with E-state index in [4.69, 9.17) is 10.5 Å². The van der Waals surface area contributed by atoms with Crippen LogP contribution >= 0.6 is 0 Å². The number of ether oxygens (including phenoxy) is 1. The first-order chi connectivity index (χ1) is 9.08. The number of benzene rings is 1. The van der Waals surface area contributed by atoms with Crippen molar-refractivity contribution in [1.29, 1.82) is 0 Å². The molecule has 0 atom stereocenters. The van der Waals surface area contributed by atoms with Crippen molar-refractivity contribution < 1.29 is 9.53 Å². The predicted molar refractivity (Wildman–Crippen MR) is 71.0 cm³/mol. The van der Waals surface area contributed by atoms with Gasteiger partial charge in [-0.3, -0.25) is 4.79 Å². The molecule has 0 aliphatic heterocycles. The van der Waals surface area contributed by atoms with Gasteiger partial charge in [-0.25, -0.2) is 0 Å². The van der Waals surface area contributed by atoms with Crippen LogP contribution in [0.5, 0.6) is 11.6 Å². The van der Waals surface area contributed by atoms with Gasteiger partial charge in [0, 0.05) is 20.2 Å². The first-order valence-electron chi connectivity index (χ1n) is 5.65. The summed E-state index contributed by atoms with van der Waals surface area (Å²) < 4.78 is 5.48. The van der Waals surface area contributed by atoms with Crippen molar-refractivity contribution in [2.45, 2.75) is 0 Å². The van der Waals surface area contributed by atoms with Crippen molar-refractivity contribution in [3.05, 3.63) is 42.1 Å². The Hall–Kier alpha value is -2.63. The lowest BCUT2D eigenvalue weighted by molar-refractivity contribution is 0.0820. The monoisotopic (exact) mass is 258 g/mol. The maximum absolute atomic E-state index is 11.6. The molecule has 0 unspecified atom stereocenters. The molecule has 0 aliphatic carbocycles. The highest BCUT2D eigenvalue weighted by Crippen LogP contribution is 2.24. The number of amides is 1. The quantitative estimate of drug-likeness (QED) is 0.845. The van der Waals surface area contributed by atoms with Crippen LogP contribution in [-0.2, 0) is 0 Å². The van der Waals surface area contributed by atoms with Gasteiger partial charge in [-0.1, -0.05) is 12.1 Å². The van der Waals surface area contributed by atoms with Crippen LogP contribution in [0.25, 0.3) is 0 Å². The molecule has 98 valence electrons. The second kappa shape index (κ2) is 5.34. The van der Waals surface area contributed by atoms with Crippen LogP contribution in [0.4, 0.5) is 5.69 Å². The van der Waals surface area contributed by atoms with E-state index in [1.165, 1.54) is 4.90 Å². The summed E-state index contributed by atoms with van der Waals surface area (Å²) in [6, 6.07) is 10.2. The Morgan fingerprint density at radius 3 is 2.47 bits per heavy atom. The summed E-state index contributed by atoms with van der Waals surface area (Å²) >= 11 is 0. The van der Waals surface area contributed by atoms with Crippen molar-refractivity contribution in [1.82, 2.24) is 15.1 Å². The molecule has 0 aliphatic rings. The fourth-order valence-corrected chi connectivity index (χ4v) is 1.40. The SMILES string of the molecule is CN(C)C(=O)c1ccc(Oc2ccccc2N)nn1. The maximum Gasteiger partial charge on any atom is 0.273 e. The van der Waals surface area contributed by atoms with Crippen LogP contribution in [0.2, 0.25) is 0 Å². The number of carbonyl (C=O) groups excluding carboxylic acids is 1. The third-order valence-electron chi connectivity index (χ3n) is 2.40. The molecule has 19 heavy (non-hydrogen) atoms. The van der Waals surface area contributed by atoms with E-state index >= 15 is 0 Å². The van der Waals surface area contributed by atoms with Gasteiger partial charge < -0.3 is 15.4 Å². The van der Waals surface area contributed by atoms with Crippen LogP contribution in [0.3, 0.4) is 0 Å². The smallest absolute Gasteiger partial charge is 0.273 e. The molecule has 1 aromatic heterocycles. The van der Waals surface area contributed by atoms with Crippen molar-refractivity contribution in [3.8, 4) is 11.6 Å². The van der Waals surface area contributed by atoms with Crippen LogP contribution in [0.15, 0.2) is 36.4 Å². The minimum atomic E-state index is -0.210. The van der Waals surface area contributed by atoms with E-state index < -0.39 is 0 Å². The number of nitrogen functional groups attached to an aromatic ring is 1. The lowest BCUT2D eigenvalue weighted by Gasteiger charge is -2.09. The highest BCUT2D eigenvalue weighted by atomic mass is 16.5. The standard InChI is InChI=1S/C13H14N4O2/c1-17(2)13(18)10-7-8-12(16-15-10)19-11-6-4-3-5-9(11)14/h3-8H,14H2,1-2H3. The van der Waals surface area contributed by atoms with Crippen molar-refractivity contribution in [2.24, 2.45) is 0 Å². The third-order valence-corrected chi connectivity index (χ3v) is 2.40. The predicted octanol–water partition coefficient (Wildman–Crippen LogP) is 1.55. The average molecular weight is 258 g/mol. The summed E-state index contributed by atoms with van der Waals surface area (Å²) in [7, 11) is 3.30. The Bertz CT molecular complexity index is 581. The summed E-state index contributed by atoms with van der Waals surface area (Å²) in [5, 5.41) is 7.66. The lowest BCUT2D eigenvalue weighted by atomic mass is 10.3. The van der Waals surface area contributed by atoms with E-state index in [-0.39, 0.29) is 17.5 Å². The Labute approximate surface area is 110 Å². The Kier molecular flexibility index (Phi) is 3.61. The van der Waals surface area contributed by atoms with E-state index in [0.29, 0.717) is 11.4 Å². The van der Waals surface area contributed by atoms with Gasteiger partial charge in [0.05, 0.1) is 5.69 Å². The Balaban J connectivity index is 2.16. The van der Waals surface area contributed by atoms with Gasteiger partial charge in [0.15, 0.2) is 11.4 Å². The fraction of sp³-hybridized carbons (Fsp3) is 0.154. The molecule has 0 bridgehead atoms. The molecule has 0 spiro atoms. The lowest BCUT2D eigenvalue weighted by Crippen LogP contribution is -2.23. The van der Waals surface area contributed by atoms with E-state index in [1.807, 2.05) is 12.1 Å². The summed E-state index contributed by atoms with van der Waals surface area (Å²) in [6.45, 7) is 0. The number of nitrogens with zero attached hydrogens (tertiary/aromatic N) is 3. The third kappa shape index (κ3) is 2.98. The largest absolute Gasteiger partial charge is 0.435 e. The van der Waals surface area contributed by atoms with Gasteiger partial charge in [0.25, 0.3) is 5.91 Å². The van der Waals surface area contributed by atoms with Gasteiger partial charge in [-0.15, -0.1) is 10.2 Å². The number of carbonyl (C=O) groups is 1. The number of hydrogen-bond acceptors (Lipinski definition) is 5. The van der Waals surface area contributed by atoms with Crippen LogP contribution in [0.1, 0.15) is 10.5 Å². The van der Waals surface area contributed by atoms with Crippen LogP contribution in [0, 0.1) is 0 Å². The maximum atomic E-state index is 11.6. The fourth-order valence-electron chi connectivity index (χ4n) is 1.40. The number of nitrogens with two attached hydrogens (primary N) is 1. The number of para-hydroxylation sites is 2. The molecule has 2 N–H and O–H groups in total. The first kappa shape index (κ1) is 12.8. The number of hydrogen-bond donors (Lipinski definition) is 1. The molecule has 0 radical (unpaired) electrons. The van der Waals surface area contributed by atoms with Gasteiger partial charge in [0.2, 0.25) is 5.88 Å². The number of rotatable bonds is 3. The van der Waals surface area contributed by atoms with Gasteiger partial charge in [0.1, 0.15) is 0 Å². The van der Waals surface area contributed by atoms with Gasteiger partial charge >= 0.3 is 0 Å². The second-order valence-electron chi connectivity index (χ2n) is 4.10. The molecule has 6 nitrogen and oxygen atoms in total. The van der Waals surface area contributed by atoms with E-state index in [0.717, 1.165) is 0 Å².